The molecule has 3 unspecified atom stereocenters. The molecule has 1 aromatic heterocycles. The molecule has 6 rings (SSSR count). The van der Waals surface area contributed by atoms with Crippen molar-refractivity contribution in [3.05, 3.63) is 24.3 Å². The molecule has 5 fully saturated rings. The molecule has 3 aliphatic heterocycles. The molecule has 5 N–H and O–H groups in total. The summed E-state index contributed by atoms with van der Waals surface area (Å²) in [6.07, 6.45) is 7.58. The lowest BCUT2D eigenvalue weighted by atomic mass is 9.85. The quantitative estimate of drug-likeness (QED) is 0.289. The molecule has 13 nitrogen and oxygen atoms in total. The normalized spacial score (nSPS) is 33.6. The number of amides is 4. The first-order valence-electron chi connectivity index (χ1n) is 16.3. The van der Waals surface area contributed by atoms with Crippen molar-refractivity contribution < 1.29 is 29.0 Å². The van der Waals surface area contributed by atoms with Crippen LogP contribution in [0, 0.1) is 23.2 Å². The van der Waals surface area contributed by atoms with Crippen LogP contribution >= 0.6 is 0 Å². The van der Waals surface area contributed by atoms with Gasteiger partial charge in [0, 0.05) is 31.0 Å². The van der Waals surface area contributed by atoms with Crippen LogP contribution in [0.2, 0.25) is 0 Å². The van der Waals surface area contributed by atoms with Gasteiger partial charge in [-0.2, -0.15) is 0 Å². The third-order valence-electron chi connectivity index (χ3n) is 10.4. The largest absolute Gasteiger partial charge is 0.382 e. The van der Waals surface area contributed by atoms with Gasteiger partial charge >= 0.3 is 0 Å². The van der Waals surface area contributed by atoms with Crippen molar-refractivity contribution in [2.45, 2.75) is 121 Å². The predicted octanol–water partition coefficient (Wildman–Crippen LogP) is 0.486. The van der Waals surface area contributed by atoms with Crippen LogP contribution in [-0.2, 0) is 19.1 Å². The van der Waals surface area contributed by atoms with Crippen molar-refractivity contribution >= 4 is 23.6 Å². The Bertz CT molecular complexity index is 1310. The van der Waals surface area contributed by atoms with Gasteiger partial charge in [-0.25, -0.2) is 4.98 Å². The van der Waals surface area contributed by atoms with Crippen molar-refractivity contribution in [2.24, 2.45) is 23.2 Å². The summed E-state index contributed by atoms with van der Waals surface area (Å²) in [5.74, 6) is -0.679. The molecule has 4 amide bonds. The molecule has 9 atom stereocenters. The van der Waals surface area contributed by atoms with E-state index in [4.69, 9.17) is 4.74 Å². The van der Waals surface area contributed by atoms with E-state index in [2.05, 4.69) is 31.2 Å². The Hall–Kier alpha value is -3.16. The monoisotopic (exact) mass is 625 g/mol. The Kier molecular flexibility index (Phi) is 8.40. The highest BCUT2D eigenvalue weighted by atomic mass is 16.5. The van der Waals surface area contributed by atoms with Gasteiger partial charge in [0.2, 0.25) is 11.8 Å². The minimum Gasteiger partial charge on any atom is -0.382 e. The first-order chi connectivity index (χ1) is 21.2. The zero-order chi connectivity index (χ0) is 32.3. The maximum Gasteiger partial charge on any atom is 0.272 e. The smallest absolute Gasteiger partial charge is 0.272 e. The third-order valence-corrected chi connectivity index (χ3v) is 10.4. The topological polar surface area (TPSA) is 175 Å². The number of rotatable bonds is 7. The lowest BCUT2D eigenvalue weighted by Gasteiger charge is -2.38. The van der Waals surface area contributed by atoms with Crippen molar-refractivity contribution in [3.63, 3.8) is 0 Å². The number of nitrogens with zero attached hydrogens (tertiary/aromatic N) is 3. The van der Waals surface area contributed by atoms with Gasteiger partial charge in [-0.1, -0.05) is 20.8 Å². The number of aliphatic hydroxyl groups excluding tert-OH is 1. The maximum absolute atomic E-state index is 14.4. The lowest BCUT2D eigenvalue weighted by Crippen LogP contribution is -2.63. The fourth-order valence-corrected chi connectivity index (χ4v) is 7.84. The number of carbonyl (C=O) groups excluding carboxylic acids is 4. The minimum absolute atomic E-state index is 0.0800. The Morgan fingerprint density at radius 3 is 2.51 bits per heavy atom. The number of nitrogens with one attached hydrogen (secondary N) is 4. The number of aromatic nitrogens is 2. The van der Waals surface area contributed by atoms with Crippen LogP contribution in [0.1, 0.15) is 83.6 Å². The van der Waals surface area contributed by atoms with E-state index in [1.807, 2.05) is 25.7 Å². The molecular formula is C32H47N7O6. The Morgan fingerprint density at radius 2 is 1.84 bits per heavy atom. The van der Waals surface area contributed by atoms with Gasteiger partial charge in [-0.3, -0.25) is 29.5 Å². The molecule has 3 saturated heterocycles. The van der Waals surface area contributed by atoms with Gasteiger partial charge in [-0.15, -0.1) is 0 Å². The van der Waals surface area contributed by atoms with E-state index in [0.29, 0.717) is 24.8 Å². The summed E-state index contributed by atoms with van der Waals surface area (Å²) in [4.78, 5) is 64.1. The van der Waals surface area contributed by atoms with Gasteiger partial charge in [0.05, 0.1) is 17.8 Å². The first kappa shape index (κ1) is 31.8. The zero-order valence-electron chi connectivity index (χ0n) is 26.8. The van der Waals surface area contributed by atoms with Crippen molar-refractivity contribution in [2.75, 3.05) is 6.54 Å². The highest BCUT2D eigenvalue weighted by Crippen LogP contribution is 2.50. The molecule has 2 saturated carbocycles. The number of aliphatic hydroxyl groups is 1. The Balaban J connectivity index is 1.25. The fraction of sp³-hybridized carbons (Fsp3) is 0.750. The van der Waals surface area contributed by atoms with Crippen molar-refractivity contribution in [1.29, 1.82) is 0 Å². The minimum atomic E-state index is -1.25. The van der Waals surface area contributed by atoms with E-state index in [1.54, 1.807) is 13.8 Å². The van der Waals surface area contributed by atoms with E-state index in [9.17, 15) is 24.3 Å². The summed E-state index contributed by atoms with van der Waals surface area (Å²) in [5.41, 5.74) is -1.79. The predicted molar refractivity (Wildman–Crippen MR) is 162 cm³/mol. The van der Waals surface area contributed by atoms with E-state index >= 15 is 0 Å². The van der Waals surface area contributed by atoms with Crippen LogP contribution in [0.15, 0.2) is 18.6 Å². The first-order valence-corrected chi connectivity index (χ1v) is 16.3. The van der Waals surface area contributed by atoms with Gasteiger partial charge in [0.15, 0.2) is 0 Å². The summed E-state index contributed by atoms with van der Waals surface area (Å²) in [6, 6.07) is -2.76. The fourth-order valence-electron chi connectivity index (χ4n) is 7.84. The van der Waals surface area contributed by atoms with Crippen molar-refractivity contribution in [1.82, 2.24) is 36.1 Å². The molecule has 13 heteroatoms. The maximum atomic E-state index is 14.4. The lowest BCUT2D eigenvalue weighted by molar-refractivity contribution is -0.145. The van der Waals surface area contributed by atoms with Crippen LogP contribution in [-0.4, -0.2) is 98.3 Å². The number of hydrogen-bond donors (Lipinski definition) is 5. The highest BCUT2D eigenvalue weighted by molar-refractivity contribution is 5.97. The summed E-state index contributed by atoms with van der Waals surface area (Å²) >= 11 is 0. The molecule has 5 aliphatic rings. The van der Waals surface area contributed by atoms with E-state index in [1.165, 1.54) is 18.6 Å². The van der Waals surface area contributed by atoms with Crippen LogP contribution < -0.4 is 21.3 Å². The second kappa shape index (κ2) is 11.9. The summed E-state index contributed by atoms with van der Waals surface area (Å²) in [7, 11) is 0. The standard InChI is InChI=1S/C32H47N7O6/c1-31(2,3)24(37-26(41)21-14-33-10-11-34-21)28(43)38-25-30(44)39-15-17-12-16-6-9-20(23(40)27(42)35-18-7-8-18)36-29(45-32(25,4)5)22(39)19(17)13-16/h10-11,14,16-20,22-25,29,36,40H,6-9,12-13,15H2,1-5H3,(H,35,42)(H,37,41)(H,38,43)/t16-,17+,19+,20+,22+,23?,24-,25?,29?/m1/s1. The summed E-state index contributed by atoms with van der Waals surface area (Å²) in [5, 5.41) is 23.3. The molecule has 2 bridgehead atoms. The third kappa shape index (κ3) is 6.44. The molecule has 246 valence electrons. The number of hydrogen-bond acceptors (Lipinski definition) is 9. The van der Waals surface area contributed by atoms with E-state index in [-0.39, 0.29) is 35.5 Å². The van der Waals surface area contributed by atoms with Crippen LogP contribution in [0.25, 0.3) is 0 Å². The molecule has 0 aromatic carbocycles. The van der Waals surface area contributed by atoms with Gasteiger partial charge in [0.1, 0.15) is 30.1 Å². The molecule has 0 radical (unpaired) electrons. The molecular weight excluding hydrogens is 578 g/mol. The number of ether oxygens (including phenoxy) is 1. The average molecular weight is 626 g/mol. The second-order valence-electron chi connectivity index (χ2n) is 15.3. The van der Waals surface area contributed by atoms with Crippen LogP contribution in [0.5, 0.6) is 0 Å². The Morgan fingerprint density at radius 1 is 1.09 bits per heavy atom. The van der Waals surface area contributed by atoms with Gasteiger partial charge in [-0.05, 0) is 75.5 Å². The molecule has 0 spiro atoms. The average Bonchev–Trinajstić information content (AvgIpc) is 3.60. The van der Waals surface area contributed by atoms with Gasteiger partial charge < -0.3 is 30.7 Å². The van der Waals surface area contributed by atoms with Crippen LogP contribution in [0.4, 0.5) is 0 Å². The van der Waals surface area contributed by atoms with Crippen LogP contribution in [0.3, 0.4) is 0 Å². The van der Waals surface area contributed by atoms with Gasteiger partial charge in [0.25, 0.3) is 11.8 Å². The highest BCUT2D eigenvalue weighted by Gasteiger charge is 2.59. The summed E-state index contributed by atoms with van der Waals surface area (Å²) in [6.45, 7) is 9.62. The SMILES string of the molecule is CC1(C)OC2N[C@H](C(O)C(=O)NC3CC3)CC[C@@H]3C[C@H]4CN(C(=O)C1NC(=O)[C@@H](NC(=O)c1cnccn1)C(C)(C)C)[C@H]2[C@H]4C3. The molecule has 4 heterocycles. The van der Waals surface area contributed by atoms with E-state index < -0.39 is 53.3 Å². The molecule has 45 heavy (non-hydrogen) atoms. The second-order valence-corrected chi connectivity index (χ2v) is 15.3. The van der Waals surface area contributed by atoms with Crippen molar-refractivity contribution in [3.8, 4) is 0 Å². The number of carbonyl (C=O) groups is 4. The number of fused-ring (bicyclic) bond motifs is 1. The summed E-state index contributed by atoms with van der Waals surface area (Å²) < 4.78 is 6.76. The Labute approximate surface area is 264 Å². The zero-order valence-corrected chi connectivity index (χ0v) is 26.8. The molecule has 2 aliphatic carbocycles. The molecule has 1 aromatic rings. The van der Waals surface area contributed by atoms with E-state index in [0.717, 1.165) is 32.1 Å².